The molecule has 0 bridgehead atoms. The number of aromatic nitrogens is 1. The first-order valence-corrected chi connectivity index (χ1v) is 7.78. The molecule has 21 heavy (non-hydrogen) atoms. The number of nitrogens with zero attached hydrogens (tertiary/aromatic N) is 1. The van der Waals surface area contributed by atoms with Gasteiger partial charge in [0.2, 0.25) is 5.91 Å². The fourth-order valence-corrected chi connectivity index (χ4v) is 3.28. The zero-order valence-corrected chi connectivity index (χ0v) is 12.6. The maximum Gasteiger partial charge on any atom is 0.240 e. The lowest BCUT2D eigenvalue weighted by Crippen LogP contribution is -2.35. The van der Waals surface area contributed by atoms with Crippen molar-refractivity contribution in [3.8, 4) is 0 Å². The standard InChI is InChI=1S/C17H23N3O/c1-18-10-13-11-20(16-9-5-4-8-15(13)16)12-17(21)19-14-6-2-3-7-14/h4-5,8-9,11,14,18H,2-3,6-7,10,12H2,1H3,(H,19,21). The van der Waals surface area contributed by atoms with E-state index in [1.165, 1.54) is 23.8 Å². The van der Waals surface area contributed by atoms with Crippen LogP contribution in [0.5, 0.6) is 0 Å². The molecule has 2 aromatic rings. The van der Waals surface area contributed by atoms with E-state index in [9.17, 15) is 4.79 Å². The smallest absolute Gasteiger partial charge is 0.240 e. The zero-order valence-electron chi connectivity index (χ0n) is 12.6. The third kappa shape index (κ3) is 3.10. The summed E-state index contributed by atoms with van der Waals surface area (Å²) in [6.07, 6.45) is 6.83. The number of benzene rings is 1. The van der Waals surface area contributed by atoms with Gasteiger partial charge in [-0.3, -0.25) is 4.79 Å². The van der Waals surface area contributed by atoms with E-state index in [4.69, 9.17) is 0 Å². The third-order valence-electron chi connectivity index (χ3n) is 4.27. The molecule has 1 aliphatic rings. The molecule has 2 N–H and O–H groups in total. The maximum absolute atomic E-state index is 12.2. The summed E-state index contributed by atoms with van der Waals surface area (Å²) in [4.78, 5) is 12.2. The topological polar surface area (TPSA) is 46.1 Å². The van der Waals surface area contributed by atoms with E-state index in [0.717, 1.165) is 24.9 Å². The molecule has 4 heteroatoms. The molecule has 0 unspecified atom stereocenters. The highest BCUT2D eigenvalue weighted by Crippen LogP contribution is 2.21. The molecule has 1 saturated carbocycles. The molecule has 4 nitrogen and oxygen atoms in total. The van der Waals surface area contributed by atoms with Gasteiger partial charge in [0, 0.05) is 29.7 Å². The van der Waals surface area contributed by atoms with Crippen molar-refractivity contribution in [3.05, 3.63) is 36.0 Å². The summed E-state index contributed by atoms with van der Waals surface area (Å²) in [6.45, 7) is 1.22. The minimum Gasteiger partial charge on any atom is -0.352 e. The first-order chi connectivity index (χ1) is 10.3. The molecule has 0 aliphatic heterocycles. The SMILES string of the molecule is CNCc1cn(CC(=O)NC2CCCC2)c2ccccc12. The van der Waals surface area contributed by atoms with Gasteiger partial charge in [0.1, 0.15) is 6.54 Å². The van der Waals surface area contributed by atoms with Crippen LogP contribution in [0.1, 0.15) is 31.2 Å². The van der Waals surface area contributed by atoms with Gasteiger partial charge in [-0.2, -0.15) is 0 Å². The van der Waals surface area contributed by atoms with E-state index in [1.54, 1.807) is 0 Å². The molecule has 1 heterocycles. The van der Waals surface area contributed by atoms with Gasteiger partial charge in [-0.15, -0.1) is 0 Å². The highest BCUT2D eigenvalue weighted by molar-refractivity contribution is 5.86. The number of carbonyl (C=O) groups excluding carboxylic acids is 1. The summed E-state index contributed by atoms with van der Waals surface area (Å²) in [7, 11) is 1.94. The summed E-state index contributed by atoms with van der Waals surface area (Å²) >= 11 is 0. The van der Waals surface area contributed by atoms with Crippen molar-refractivity contribution in [2.45, 2.75) is 44.8 Å². The first-order valence-electron chi connectivity index (χ1n) is 7.78. The number of carbonyl (C=O) groups is 1. The van der Waals surface area contributed by atoms with Crippen LogP contribution in [0.2, 0.25) is 0 Å². The summed E-state index contributed by atoms with van der Waals surface area (Å²) < 4.78 is 2.06. The molecular formula is C17H23N3O. The molecular weight excluding hydrogens is 262 g/mol. The van der Waals surface area contributed by atoms with E-state index in [1.807, 2.05) is 19.2 Å². The average Bonchev–Trinajstić information content (AvgIpc) is 3.09. The zero-order chi connectivity index (χ0) is 14.7. The Balaban J connectivity index is 1.78. The Morgan fingerprint density at radius 2 is 2.05 bits per heavy atom. The Bertz CT molecular complexity index is 626. The fraction of sp³-hybridized carbons (Fsp3) is 0.471. The molecule has 1 aromatic heterocycles. The Morgan fingerprint density at radius 1 is 1.29 bits per heavy atom. The minimum absolute atomic E-state index is 0.124. The third-order valence-corrected chi connectivity index (χ3v) is 4.27. The molecule has 1 aliphatic carbocycles. The predicted octanol–water partition coefficient (Wildman–Crippen LogP) is 2.42. The van der Waals surface area contributed by atoms with Crippen LogP contribution >= 0.6 is 0 Å². The van der Waals surface area contributed by atoms with E-state index < -0.39 is 0 Å². The first kappa shape index (κ1) is 14.1. The molecule has 0 saturated heterocycles. The number of amides is 1. The van der Waals surface area contributed by atoms with Gasteiger partial charge in [0.25, 0.3) is 0 Å². The van der Waals surface area contributed by atoms with Crippen LogP contribution in [0.25, 0.3) is 10.9 Å². The summed E-state index contributed by atoms with van der Waals surface area (Å²) in [5, 5.41) is 7.57. The van der Waals surface area contributed by atoms with Crippen LogP contribution in [-0.4, -0.2) is 23.6 Å². The number of rotatable bonds is 5. The van der Waals surface area contributed by atoms with E-state index in [2.05, 4.69) is 33.5 Å². The van der Waals surface area contributed by atoms with Crippen LogP contribution in [0, 0.1) is 0 Å². The lowest BCUT2D eigenvalue weighted by atomic mass is 10.2. The van der Waals surface area contributed by atoms with Crippen LogP contribution in [0.4, 0.5) is 0 Å². The summed E-state index contributed by atoms with van der Waals surface area (Å²) in [5.74, 6) is 0.124. The molecule has 0 atom stereocenters. The molecule has 3 rings (SSSR count). The normalized spacial score (nSPS) is 15.7. The van der Waals surface area contributed by atoms with E-state index >= 15 is 0 Å². The van der Waals surface area contributed by atoms with Gasteiger partial charge in [0.05, 0.1) is 0 Å². The molecule has 1 aromatic carbocycles. The Morgan fingerprint density at radius 3 is 2.81 bits per heavy atom. The van der Waals surface area contributed by atoms with Gasteiger partial charge < -0.3 is 15.2 Å². The maximum atomic E-state index is 12.2. The van der Waals surface area contributed by atoms with Gasteiger partial charge >= 0.3 is 0 Å². The Hall–Kier alpha value is -1.81. The molecule has 0 spiro atoms. The van der Waals surface area contributed by atoms with Crippen LogP contribution in [-0.2, 0) is 17.9 Å². The van der Waals surface area contributed by atoms with Gasteiger partial charge in [-0.05, 0) is 31.5 Å². The molecule has 112 valence electrons. The van der Waals surface area contributed by atoms with Crippen molar-refractivity contribution in [1.29, 1.82) is 0 Å². The van der Waals surface area contributed by atoms with E-state index in [0.29, 0.717) is 12.6 Å². The van der Waals surface area contributed by atoms with Crippen molar-refractivity contribution in [3.63, 3.8) is 0 Å². The van der Waals surface area contributed by atoms with Gasteiger partial charge in [-0.25, -0.2) is 0 Å². The molecule has 1 amide bonds. The van der Waals surface area contributed by atoms with Crippen molar-refractivity contribution in [2.24, 2.45) is 0 Å². The van der Waals surface area contributed by atoms with Crippen molar-refractivity contribution >= 4 is 16.8 Å². The van der Waals surface area contributed by atoms with Crippen molar-refractivity contribution in [2.75, 3.05) is 7.05 Å². The monoisotopic (exact) mass is 285 g/mol. The second kappa shape index (κ2) is 6.31. The summed E-state index contributed by atoms with van der Waals surface area (Å²) in [5.41, 5.74) is 2.37. The second-order valence-electron chi connectivity index (χ2n) is 5.88. The highest BCUT2D eigenvalue weighted by atomic mass is 16.2. The van der Waals surface area contributed by atoms with E-state index in [-0.39, 0.29) is 5.91 Å². The molecule has 0 radical (unpaired) electrons. The fourth-order valence-electron chi connectivity index (χ4n) is 3.28. The predicted molar refractivity (Wildman–Crippen MR) is 85.1 cm³/mol. The quantitative estimate of drug-likeness (QED) is 0.886. The number of para-hydroxylation sites is 1. The van der Waals surface area contributed by atoms with Crippen LogP contribution in [0.15, 0.2) is 30.5 Å². The lowest BCUT2D eigenvalue weighted by molar-refractivity contribution is -0.122. The van der Waals surface area contributed by atoms with Gasteiger partial charge in [0.15, 0.2) is 0 Å². The molecule has 1 fully saturated rings. The Labute approximate surface area is 125 Å². The highest BCUT2D eigenvalue weighted by Gasteiger charge is 2.18. The average molecular weight is 285 g/mol. The minimum atomic E-state index is 0.124. The van der Waals surface area contributed by atoms with Crippen LogP contribution in [0.3, 0.4) is 0 Å². The summed E-state index contributed by atoms with van der Waals surface area (Å²) in [6, 6.07) is 8.66. The number of nitrogens with one attached hydrogen (secondary N) is 2. The number of fused-ring (bicyclic) bond motifs is 1. The Kier molecular flexibility index (Phi) is 4.25. The number of hydrogen-bond donors (Lipinski definition) is 2. The second-order valence-corrected chi connectivity index (χ2v) is 5.88. The number of hydrogen-bond acceptors (Lipinski definition) is 2. The lowest BCUT2D eigenvalue weighted by Gasteiger charge is -2.12. The van der Waals surface area contributed by atoms with Crippen molar-refractivity contribution in [1.82, 2.24) is 15.2 Å². The van der Waals surface area contributed by atoms with Crippen LogP contribution < -0.4 is 10.6 Å². The van der Waals surface area contributed by atoms with Gasteiger partial charge in [-0.1, -0.05) is 31.0 Å². The largest absolute Gasteiger partial charge is 0.352 e. The van der Waals surface area contributed by atoms with Crippen molar-refractivity contribution < 1.29 is 4.79 Å².